The molecule has 0 fully saturated rings. The highest BCUT2D eigenvalue weighted by atomic mass is 16.5. The molecular weight excluding hydrogens is 568 g/mol. The van der Waals surface area contributed by atoms with Crippen LogP contribution in [-0.4, -0.2) is 23.1 Å². The van der Waals surface area contributed by atoms with Crippen LogP contribution in [0.15, 0.2) is 48.6 Å². The first kappa shape index (κ1) is 43.9. The normalized spacial score (nSPS) is 12.7. The first-order valence-corrected chi connectivity index (χ1v) is 19.6. The van der Waals surface area contributed by atoms with Crippen molar-refractivity contribution in [2.24, 2.45) is 0 Å². The average Bonchev–Trinajstić information content (AvgIpc) is 3.04. The molecular formula is C42H74O4. The summed E-state index contributed by atoms with van der Waals surface area (Å²) < 4.78 is 5.82. The van der Waals surface area contributed by atoms with Gasteiger partial charge in [-0.2, -0.15) is 0 Å². The van der Waals surface area contributed by atoms with Gasteiger partial charge in [-0.05, 0) is 76.7 Å². The van der Waals surface area contributed by atoms with Crippen molar-refractivity contribution in [2.45, 2.75) is 206 Å². The number of allylic oxidation sites excluding steroid dienone is 7. The SMILES string of the molecule is CCC/C=C\C/C=C\C(CCCCCCC(=O)O)OC(=O)CCCCCCCCCCCCC/C=C\C/C=C\CCCCCCC. The van der Waals surface area contributed by atoms with E-state index in [1.807, 2.05) is 6.08 Å². The van der Waals surface area contributed by atoms with E-state index in [-0.39, 0.29) is 18.5 Å². The average molecular weight is 643 g/mol. The fourth-order valence-electron chi connectivity index (χ4n) is 5.58. The van der Waals surface area contributed by atoms with Gasteiger partial charge in [-0.15, -0.1) is 0 Å². The van der Waals surface area contributed by atoms with Crippen LogP contribution in [0.2, 0.25) is 0 Å². The van der Waals surface area contributed by atoms with Gasteiger partial charge in [0.05, 0.1) is 0 Å². The van der Waals surface area contributed by atoms with Gasteiger partial charge in [0, 0.05) is 12.8 Å². The van der Waals surface area contributed by atoms with Crippen LogP contribution < -0.4 is 0 Å². The van der Waals surface area contributed by atoms with E-state index in [9.17, 15) is 9.59 Å². The van der Waals surface area contributed by atoms with E-state index in [0.717, 1.165) is 64.2 Å². The van der Waals surface area contributed by atoms with Crippen LogP contribution in [0.3, 0.4) is 0 Å². The number of ether oxygens (including phenoxy) is 1. The fraction of sp³-hybridized carbons (Fsp3) is 0.762. The second-order valence-corrected chi connectivity index (χ2v) is 13.1. The van der Waals surface area contributed by atoms with E-state index in [0.29, 0.717) is 12.8 Å². The van der Waals surface area contributed by atoms with Crippen LogP contribution >= 0.6 is 0 Å². The minimum absolute atomic E-state index is 0.0853. The van der Waals surface area contributed by atoms with Crippen LogP contribution in [0.4, 0.5) is 0 Å². The van der Waals surface area contributed by atoms with E-state index in [4.69, 9.17) is 9.84 Å². The number of esters is 1. The van der Waals surface area contributed by atoms with Crippen LogP contribution in [0, 0.1) is 0 Å². The Hall–Kier alpha value is -2.10. The molecule has 0 aliphatic rings. The zero-order chi connectivity index (χ0) is 33.6. The molecule has 266 valence electrons. The third-order valence-electron chi connectivity index (χ3n) is 8.49. The molecule has 0 aliphatic carbocycles. The molecule has 0 amide bonds. The van der Waals surface area contributed by atoms with Crippen molar-refractivity contribution in [2.75, 3.05) is 0 Å². The summed E-state index contributed by atoms with van der Waals surface area (Å²) in [7, 11) is 0. The minimum atomic E-state index is -0.729. The Morgan fingerprint density at radius 1 is 0.500 bits per heavy atom. The van der Waals surface area contributed by atoms with E-state index < -0.39 is 5.97 Å². The Kier molecular flexibility index (Phi) is 35.7. The van der Waals surface area contributed by atoms with Crippen LogP contribution in [-0.2, 0) is 14.3 Å². The molecule has 0 spiro atoms. The van der Waals surface area contributed by atoms with E-state index in [1.165, 1.54) is 103 Å². The predicted octanol–water partition coefficient (Wildman–Crippen LogP) is 13.6. The summed E-state index contributed by atoms with van der Waals surface area (Å²) >= 11 is 0. The van der Waals surface area contributed by atoms with Crippen LogP contribution in [0.1, 0.15) is 200 Å². The van der Waals surface area contributed by atoms with Gasteiger partial charge in [-0.1, -0.05) is 159 Å². The molecule has 1 N–H and O–H groups in total. The topological polar surface area (TPSA) is 63.6 Å². The Bertz CT molecular complexity index is 779. The van der Waals surface area contributed by atoms with Gasteiger partial charge in [0.15, 0.2) is 0 Å². The molecule has 0 aliphatic heterocycles. The highest BCUT2D eigenvalue weighted by Gasteiger charge is 2.11. The molecule has 0 rings (SSSR count). The van der Waals surface area contributed by atoms with Gasteiger partial charge in [-0.25, -0.2) is 0 Å². The fourth-order valence-corrected chi connectivity index (χ4v) is 5.58. The van der Waals surface area contributed by atoms with Crippen molar-refractivity contribution < 1.29 is 19.4 Å². The molecule has 0 saturated heterocycles. The van der Waals surface area contributed by atoms with Crippen LogP contribution in [0.5, 0.6) is 0 Å². The minimum Gasteiger partial charge on any atom is -0.481 e. The van der Waals surface area contributed by atoms with Crippen molar-refractivity contribution in [3.63, 3.8) is 0 Å². The predicted molar refractivity (Wildman–Crippen MR) is 199 cm³/mol. The number of carboxylic acid groups (broad SMARTS) is 1. The first-order chi connectivity index (χ1) is 22.6. The van der Waals surface area contributed by atoms with Crippen molar-refractivity contribution in [3.8, 4) is 0 Å². The Labute approximate surface area is 285 Å². The third-order valence-corrected chi connectivity index (χ3v) is 8.49. The molecule has 0 radical (unpaired) electrons. The molecule has 0 aromatic rings. The van der Waals surface area contributed by atoms with Crippen molar-refractivity contribution >= 4 is 11.9 Å². The van der Waals surface area contributed by atoms with E-state index in [1.54, 1.807) is 0 Å². The largest absolute Gasteiger partial charge is 0.481 e. The monoisotopic (exact) mass is 643 g/mol. The van der Waals surface area contributed by atoms with Crippen LogP contribution in [0.25, 0.3) is 0 Å². The zero-order valence-electron chi connectivity index (χ0n) is 30.4. The van der Waals surface area contributed by atoms with E-state index in [2.05, 4.69) is 56.4 Å². The summed E-state index contributed by atoms with van der Waals surface area (Å²) in [6.07, 6.45) is 50.2. The van der Waals surface area contributed by atoms with Gasteiger partial charge in [0.1, 0.15) is 6.10 Å². The maximum absolute atomic E-state index is 12.5. The maximum Gasteiger partial charge on any atom is 0.306 e. The highest BCUT2D eigenvalue weighted by Crippen LogP contribution is 2.15. The number of unbranched alkanes of at least 4 members (excludes halogenated alkanes) is 20. The standard InChI is InChI=1S/C42H74O4/c1-3-5-7-9-11-12-13-14-15-16-17-18-19-20-21-22-23-24-25-26-27-29-35-39-42(45)46-40(36-32-28-10-8-6-4-2)37-33-30-31-34-38-41(43)44/h8,10,13-14,16-17,32,36,40H,3-7,9,11-12,15,18-31,33-35,37-39H2,1-2H3,(H,43,44)/b10-8-,14-13-,17-16-,36-32-. The number of hydrogen-bond acceptors (Lipinski definition) is 3. The molecule has 46 heavy (non-hydrogen) atoms. The van der Waals surface area contributed by atoms with Gasteiger partial charge in [0.25, 0.3) is 0 Å². The summed E-state index contributed by atoms with van der Waals surface area (Å²) in [6.45, 7) is 4.44. The van der Waals surface area contributed by atoms with Crippen molar-refractivity contribution in [1.82, 2.24) is 0 Å². The lowest BCUT2D eigenvalue weighted by Gasteiger charge is -2.14. The number of rotatable bonds is 35. The molecule has 4 nitrogen and oxygen atoms in total. The van der Waals surface area contributed by atoms with Crippen molar-refractivity contribution in [3.05, 3.63) is 48.6 Å². The van der Waals surface area contributed by atoms with Gasteiger partial charge in [-0.3, -0.25) is 9.59 Å². The second-order valence-electron chi connectivity index (χ2n) is 13.1. The van der Waals surface area contributed by atoms with Crippen molar-refractivity contribution in [1.29, 1.82) is 0 Å². The Morgan fingerprint density at radius 3 is 1.50 bits per heavy atom. The third kappa shape index (κ3) is 36.4. The smallest absolute Gasteiger partial charge is 0.306 e. The molecule has 0 bridgehead atoms. The molecule has 0 saturated carbocycles. The summed E-state index contributed by atoms with van der Waals surface area (Å²) in [5.74, 6) is -0.814. The molecule has 0 aromatic carbocycles. The Morgan fingerprint density at radius 2 is 0.957 bits per heavy atom. The number of carboxylic acids is 1. The quantitative estimate of drug-likeness (QED) is 0.0424. The summed E-state index contributed by atoms with van der Waals surface area (Å²) in [4.78, 5) is 23.2. The molecule has 0 aromatic heterocycles. The summed E-state index contributed by atoms with van der Waals surface area (Å²) in [6, 6.07) is 0. The summed E-state index contributed by atoms with van der Waals surface area (Å²) in [5, 5.41) is 8.80. The summed E-state index contributed by atoms with van der Waals surface area (Å²) in [5.41, 5.74) is 0. The highest BCUT2D eigenvalue weighted by molar-refractivity contribution is 5.69. The zero-order valence-corrected chi connectivity index (χ0v) is 30.4. The van der Waals surface area contributed by atoms with E-state index >= 15 is 0 Å². The van der Waals surface area contributed by atoms with Gasteiger partial charge < -0.3 is 9.84 Å². The lowest BCUT2D eigenvalue weighted by Crippen LogP contribution is -2.16. The molecule has 4 heteroatoms. The van der Waals surface area contributed by atoms with Gasteiger partial charge in [0.2, 0.25) is 0 Å². The molecule has 1 atom stereocenters. The van der Waals surface area contributed by atoms with Gasteiger partial charge >= 0.3 is 11.9 Å². The lowest BCUT2D eigenvalue weighted by atomic mass is 10.0. The Balaban J connectivity index is 3.78. The second kappa shape index (κ2) is 37.4. The number of carbonyl (C=O) groups excluding carboxylic acids is 1. The lowest BCUT2D eigenvalue weighted by molar-refractivity contribution is -0.147. The first-order valence-electron chi connectivity index (χ1n) is 19.6. The maximum atomic E-state index is 12.5. The number of aliphatic carboxylic acids is 1. The number of hydrogen-bond donors (Lipinski definition) is 1. The molecule has 1 unspecified atom stereocenters. The number of carbonyl (C=O) groups is 2. The molecule has 0 heterocycles.